The highest BCUT2D eigenvalue weighted by molar-refractivity contribution is 5.96. The molecule has 0 saturated carbocycles. The summed E-state index contributed by atoms with van der Waals surface area (Å²) in [5.41, 5.74) is 0.914. The van der Waals surface area contributed by atoms with E-state index >= 15 is 0 Å². The largest absolute Gasteiger partial charge is 0.478 e. The Bertz CT molecular complexity index is 544. The zero-order valence-electron chi connectivity index (χ0n) is 13.5. The summed E-state index contributed by atoms with van der Waals surface area (Å²) in [6, 6.07) is 6.14. The van der Waals surface area contributed by atoms with Crippen molar-refractivity contribution >= 4 is 11.9 Å². The van der Waals surface area contributed by atoms with E-state index in [2.05, 4.69) is 25.7 Å². The van der Waals surface area contributed by atoms with E-state index < -0.39 is 5.97 Å². The molecule has 1 N–H and O–H groups in total. The Hall–Kier alpha value is -1.88. The van der Waals surface area contributed by atoms with Crippen LogP contribution in [-0.2, 0) is 0 Å². The fourth-order valence-electron chi connectivity index (χ4n) is 2.68. The minimum atomic E-state index is -0.977. The highest BCUT2D eigenvalue weighted by Gasteiger charge is 2.30. The van der Waals surface area contributed by atoms with E-state index in [0.717, 1.165) is 19.5 Å². The first kappa shape index (κ1) is 16.5. The van der Waals surface area contributed by atoms with Crippen LogP contribution >= 0.6 is 0 Å². The molecule has 0 aromatic heterocycles. The van der Waals surface area contributed by atoms with Crippen LogP contribution in [0.15, 0.2) is 24.3 Å². The Labute approximate surface area is 131 Å². The van der Waals surface area contributed by atoms with Crippen LogP contribution in [0.5, 0.6) is 0 Å². The van der Waals surface area contributed by atoms with Crippen LogP contribution in [0, 0.1) is 0 Å². The molecule has 1 heterocycles. The second-order valence-corrected chi connectivity index (χ2v) is 6.33. The van der Waals surface area contributed by atoms with E-state index in [1.807, 2.05) is 4.90 Å². The third kappa shape index (κ3) is 3.47. The fourth-order valence-corrected chi connectivity index (χ4v) is 2.68. The summed E-state index contributed by atoms with van der Waals surface area (Å²) in [5.74, 6) is -1.000. The lowest BCUT2D eigenvalue weighted by Crippen LogP contribution is -2.55. The van der Waals surface area contributed by atoms with Gasteiger partial charge in [0.05, 0.1) is 5.56 Å². The number of aromatic carboxylic acids is 1. The van der Waals surface area contributed by atoms with Crippen molar-refractivity contribution in [3.05, 3.63) is 35.4 Å². The number of hydrogen-bond donors (Lipinski definition) is 1. The molecule has 0 atom stereocenters. The monoisotopic (exact) mass is 304 g/mol. The molecule has 1 aliphatic rings. The van der Waals surface area contributed by atoms with E-state index in [-0.39, 0.29) is 17.0 Å². The number of carboxylic acid groups (broad SMARTS) is 1. The van der Waals surface area contributed by atoms with Gasteiger partial charge in [-0.2, -0.15) is 0 Å². The highest BCUT2D eigenvalue weighted by Crippen LogP contribution is 2.21. The molecule has 5 heteroatoms. The van der Waals surface area contributed by atoms with Gasteiger partial charge in [-0.3, -0.25) is 9.69 Å². The van der Waals surface area contributed by atoms with Crippen LogP contribution in [0.25, 0.3) is 0 Å². The third-order valence-electron chi connectivity index (χ3n) is 4.67. The van der Waals surface area contributed by atoms with Crippen LogP contribution in [0.3, 0.4) is 0 Å². The summed E-state index contributed by atoms with van der Waals surface area (Å²) in [6.07, 6.45) is 1.08. The maximum Gasteiger partial charge on any atom is 0.335 e. The lowest BCUT2D eigenvalue weighted by molar-refractivity contribution is 0.0390. The molecule has 1 amide bonds. The Kier molecular flexibility index (Phi) is 4.86. The molecule has 0 unspecified atom stereocenters. The maximum atomic E-state index is 12.5. The van der Waals surface area contributed by atoms with Gasteiger partial charge in [-0.25, -0.2) is 4.79 Å². The summed E-state index contributed by atoms with van der Waals surface area (Å²) in [5, 5.41) is 8.89. The quantitative estimate of drug-likeness (QED) is 0.927. The number of rotatable bonds is 4. The number of piperazine rings is 1. The normalized spacial score (nSPS) is 16.6. The number of benzene rings is 1. The Balaban J connectivity index is 1.99. The molecule has 0 radical (unpaired) electrons. The van der Waals surface area contributed by atoms with E-state index in [4.69, 9.17) is 5.11 Å². The first-order chi connectivity index (χ1) is 10.3. The Morgan fingerprint density at radius 1 is 1.05 bits per heavy atom. The zero-order chi connectivity index (χ0) is 16.3. The van der Waals surface area contributed by atoms with Gasteiger partial charge >= 0.3 is 5.97 Å². The molecule has 1 aromatic carbocycles. The van der Waals surface area contributed by atoms with Gasteiger partial charge in [0.25, 0.3) is 5.91 Å². The number of carbonyl (C=O) groups excluding carboxylic acids is 1. The molecule has 0 bridgehead atoms. The number of amides is 1. The predicted molar refractivity (Wildman–Crippen MR) is 85.2 cm³/mol. The SMILES string of the molecule is CCC(C)(C)N1CCN(C(=O)c2ccc(C(=O)O)cc2)CC1. The van der Waals surface area contributed by atoms with Crippen molar-refractivity contribution in [2.75, 3.05) is 26.2 Å². The van der Waals surface area contributed by atoms with Gasteiger partial charge in [-0.15, -0.1) is 0 Å². The second kappa shape index (κ2) is 6.48. The molecule has 5 nitrogen and oxygen atoms in total. The lowest BCUT2D eigenvalue weighted by atomic mass is 9.98. The van der Waals surface area contributed by atoms with Gasteiger partial charge in [0.1, 0.15) is 0 Å². The van der Waals surface area contributed by atoms with E-state index in [1.54, 1.807) is 12.1 Å². The topological polar surface area (TPSA) is 60.9 Å². The van der Waals surface area contributed by atoms with Crippen molar-refractivity contribution in [1.82, 2.24) is 9.80 Å². The molecule has 22 heavy (non-hydrogen) atoms. The predicted octanol–water partition coefficient (Wildman–Crippen LogP) is 2.33. The Morgan fingerprint density at radius 2 is 1.55 bits per heavy atom. The lowest BCUT2D eigenvalue weighted by Gasteiger charge is -2.43. The van der Waals surface area contributed by atoms with Gasteiger partial charge in [0.2, 0.25) is 0 Å². The summed E-state index contributed by atoms with van der Waals surface area (Å²) in [7, 11) is 0. The van der Waals surface area contributed by atoms with Gasteiger partial charge < -0.3 is 10.0 Å². The highest BCUT2D eigenvalue weighted by atomic mass is 16.4. The average Bonchev–Trinajstić information content (AvgIpc) is 2.54. The molecular weight excluding hydrogens is 280 g/mol. The van der Waals surface area contributed by atoms with Gasteiger partial charge in [0.15, 0.2) is 0 Å². The first-order valence-electron chi connectivity index (χ1n) is 7.73. The van der Waals surface area contributed by atoms with E-state index in [0.29, 0.717) is 18.7 Å². The van der Waals surface area contributed by atoms with Gasteiger partial charge in [-0.1, -0.05) is 6.92 Å². The van der Waals surface area contributed by atoms with Crippen molar-refractivity contribution in [1.29, 1.82) is 0 Å². The van der Waals surface area contributed by atoms with Crippen LogP contribution in [0.1, 0.15) is 47.9 Å². The van der Waals surface area contributed by atoms with E-state index in [1.165, 1.54) is 12.1 Å². The minimum Gasteiger partial charge on any atom is -0.478 e. The van der Waals surface area contributed by atoms with Crippen molar-refractivity contribution in [3.8, 4) is 0 Å². The zero-order valence-corrected chi connectivity index (χ0v) is 13.5. The molecule has 1 fully saturated rings. The smallest absolute Gasteiger partial charge is 0.335 e. The molecule has 1 saturated heterocycles. The van der Waals surface area contributed by atoms with Gasteiger partial charge in [0, 0.05) is 37.3 Å². The average molecular weight is 304 g/mol. The molecule has 0 spiro atoms. The van der Waals surface area contributed by atoms with Crippen LogP contribution < -0.4 is 0 Å². The van der Waals surface area contributed by atoms with Crippen molar-refractivity contribution in [3.63, 3.8) is 0 Å². The number of nitrogens with zero attached hydrogens (tertiary/aromatic N) is 2. The van der Waals surface area contributed by atoms with Gasteiger partial charge in [-0.05, 0) is 44.5 Å². The summed E-state index contributed by atoms with van der Waals surface area (Å²) >= 11 is 0. The van der Waals surface area contributed by atoms with Crippen molar-refractivity contribution in [2.45, 2.75) is 32.7 Å². The second-order valence-electron chi connectivity index (χ2n) is 6.33. The molecule has 2 rings (SSSR count). The standard InChI is InChI=1S/C17H24N2O3/c1-4-17(2,3)19-11-9-18(10-12-19)15(20)13-5-7-14(8-6-13)16(21)22/h5-8H,4,9-12H2,1-3H3,(H,21,22). The minimum absolute atomic E-state index is 0.0223. The maximum absolute atomic E-state index is 12.5. The van der Waals surface area contributed by atoms with Crippen LogP contribution in [0.2, 0.25) is 0 Å². The molecule has 1 aromatic rings. The molecule has 0 aliphatic carbocycles. The summed E-state index contributed by atoms with van der Waals surface area (Å²) in [4.78, 5) is 27.6. The Morgan fingerprint density at radius 3 is 2.00 bits per heavy atom. The van der Waals surface area contributed by atoms with E-state index in [9.17, 15) is 9.59 Å². The first-order valence-corrected chi connectivity index (χ1v) is 7.73. The molecular formula is C17H24N2O3. The summed E-state index contributed by atoms with van der Waals surface area (Å²) in [6.45, 7) is 9.82. The molecule has 1 aliphatic heterocycles. The fraction of sp³-hybridized carbons (Fsp3) is 0.529. The van der Waals surface area contributed by atoms with Crippen molar-refractivity contribution in [2.24, 2.45) is 0 Å². The summed E-state index contributed by atoms with van der Waals surface area (Å²) < 4.78 is 0. The number of carbonyl (C=O) groups is 2. The number of carboxylic acids is 1. The number of hydrogen-bond acceptors (Lipinski definition) is 3. The van der Waals surface area contributed by atoms with Crippen LogP contribution in [-0.4, -0.2) is 58.5 Å². The van der Waals surface area contributed by atoms with Crippen molar-refractivity contribution < 1.29 is 14.7 Å². The third-order valence-corrected chi connectivity index (χ3v) is 4.67. The molecule has 120 valence electrons. The van der Waals surface area contributed by atoms with Crippen LogP contribution in [0.4, 0.5) is 0 Å².